The molecule has 0 aliphatic heterocycles. The highest BCUT2D eigenvalue weighted by atomic mass is 16.2. The van der Waals surface area contributed by atoms with Crippen molar-refractivity contribution in [1.29, 1.82) is 0 Å². The summed E-state index contributed by atoms with van der Waals surface area (Å²) < 4.78 is 0. The van der Waals surface area contributed by atoms with Crippen molar-refractivity contribution in [2.75, 3.05) is 17.3 Å². The normalized spacial score (nSPS) is 19.0. The average Bonchev–Trinajstić information content (AvgIpc) is 3.05. The molecule has 0 radical (unpaired) electrons. The Morgan fingerprint density at radius 2 is 1.39 bits per heavy atom. The second-order valence-electron chi connectivity index (χ2n) is 11.5. The summed E-state index contributed by atoms with van der Waals surface area (Å²) in [5.41, 5.74) is 6.73. The van der Waals surface area contributed by atoms with E-state index in [-0.39, 0.29) is 23.7 Å². The lowest BCUT2D eigenvalue weighted by atomic mass is 9.74. The topological polar surface area (TPSA) is 49.4 Å². The summed E-state index contributed by atoms with van der Waals surface area (Å²) in [6.45, 7) is 6.29. The Labute approximate surface area is 247 Å². The van der Waals surface area contributed by atoms with E-state index in [0.29, 0.717) is 12.3 Å². The van der Waals surface area contributed by atoms with Gasteiger partial charge >= 0.3 is 0 Å². The average molecular weight is 553 g/mol. The molecule has 0 saturated heterocycles. The van der Waals surface area contributed by atoms with Gasteiger partial charge in [-0.15, -0.1) is 0 Å². The first kappa shape index (κ1) is 30.6. The molecule has 4 heteroatoms. The van der Waals surface area contributed by atoms with Crippen LogP contribution in [0.2, 0.25) is 0 Å². The van der Waals surface area contributed by atoms with Gasteiger partial charge in [0.25, 0.3) is 0 Å². The van der Waals surface area contributed by atoms with Crippen LogP contribution < -0.4 is 10.2 Å². The first-order chi connectivity index (χ1) is 20.0. The fourth-order valence-electron chi connectivity index (χ4n) is 6.62. The van der Waals surface area contributed by atoms with Gasteiger partial charge in [0.1, 0.15) is 5.78 Å². The molecule has 2 aliphatic rings. The standard InChI is InChI=1S/C35H42N2O2.C2H6/c1-25(38)33-13-6-7-14-34(33)30-11-8-12-32(23-30)37(35(39)29-9-4-3-5-10-29)24-26-15-17-27(18-16-26)28-19-21-31(36-2)22-20-28;1-2/h8,11-12,15-23,29,33-34,36H,3-7,9-10,13-14,24H2,1-2H3;1-2H3. The molecule has 3 aromatic rings. The third kappa shape index (κ3) is 7.67. The molecule has 4 nitrogen and oxygen atoms in total. The molecule has 2 unspecified atom stereocenters. The predicted octanol–water partition coefficient (Wildman–Crippen LogP) is 9.40. The van der Waals surface area contributed by atoms with E-state index < -0.39 is 0 Å². The lowest BCUT2D eigenvalue weighted by Gasteiger charge is -2.32. The van der Waals surface area contributed by atoms with E-state index in [9.17, 15) is 9.59 Å². The van der Waals surface area contributed by atoms with Gasteiger partial charge < -0.3 is 10.2 Å². The highest BCUT2D eigenvalue weighted by molar-refractivity contribution is 5.95. The van der Waals surface area contributed by atoms with Crippen molar-refractivity contribution < 1.29 is 9.59 Å². The number of nitrogens with zero attached hydrogens (tertiary/aromatic N) is 1. The minimum absolute atomic E-state index is 0.0891. The van der Waals surface area contributed by atoms with Crippen LogP contribution in [-0.4, -0.2) is 18.7 Å². The van der Waals surface area contributed by atoms with Crippen LogP contribution in [0.1, 0.15) is 95.6 Å². The molecule has 0 aromatic heterocycles. The maximum atomic E-state index is 14.0. The zero-order valence-corrected chi connectivity index (χ0v) is 25.5. The number of hydrogen-bond donors (Lipinski definition) is 1. The Morgan fingerprint density at radius 1 is 0.780 bits per heavy atom. The predicted molar refractivity (Wildman–Crippen MR) is 172 cm³/mol. The molecule has 41 heavy (non-hydrogen) atoms. The third-order valence-corrected chi connectivity index (χ3v) is 8.92. The van der Waals surface area contributed by atoms with E-state index in [1.807, 2.05) is 25.8 Å². The van der Waals surface area contributed by atoms with E-state index >= 15 is 0 Å². The molecule has 0 bridgehead atoms. The van der Waals surface area contributed by atoms with Crippen molar-refractivity contribution in [2.24, 2.45) is 11.8 Å². The molecule has 2 atom stereocenters. The van der Waals surface area contributed by atoms with Gasteiger partial charge in [0.15, 0.2) is 0 Å². The Hall–Kier alpha value is -3.40. The molecule has 2 fully saturated rings. The minimum atomic E-state index is 0.0891. The first-order valence-corrected chi connectivity index (χ1v) is 15.8. The Morgan fingerprint density at radius 3 is 2.02 bits per heavy atom. The van der Waals surface area contributed by atoms with E-state index in [4.69, 9.17) is 0 Å². The number of anilines is 2. The number of nitrogens with one attached hydrogen (secondary N) is 1. The summed E-state index contributed by atoms with van der Waals surface area (Å²) in [6.07, 6.45) is 9.75. The number of benzene rings is 3. The second kappa shape index (κ2) is 15.0. The quantitative estimate of drug-likeness (QED) is 0.303. The van der Waals surface area contributed by atoms with Gasteiger partial charge in [-0.3, -0.25) is 9.59 Å². The second-order valence-corrected chi connectivity index (χ2v) is 11.5. The van der Waals surface area contributed by atoms with Crippen molar-refractivity contribution in [1.82, 2.24) is 0 Å². The fourth-order valence-corrected chi connectivity index (χ4v) is 6.62. The van der Waals surface area contributed by atoms with Crippen molar-refractivity contribution in [3.05, 3.63) is 83.9 Å². The van der Waals surface area contributed by atoms with Crippen LogP contribution in [-0.2, 0) is 16.1 Å². The number of hydrogen-bond acceptors (Lipinski definition) is 3. The molecule has 2 saturated carbocycles. The highest BCUT2D eigenvalue weighted by Crippen LogP contribution is 2.40. The van der Waals surface area contributed by atoms with Crippen LogP contribution in [0.15, 0.2) is 72.8 Å². The van der Waals surface area contributed by atoms with E-state index in [1.54, 1.807) is 6.92 Å². The van der Waals surface area contributed by atoms with Crippen molar-refractivity contribution in [3.63, 3.8) is 0 Å². The van der Waals surface area contributed by atoms with Gasteiger partial charge in [-0.05, 0) is 85.0 Å². The number of amides is 1. The summed E-state index contributed by atoms with van der Waals surface area (Å²) in [4.78, 5) is 28.4. The van der Waals surface area contributed by atoms with Gasteiger partial charge in [0, 0.05) is 30.3 Å². The molecule has 1 N–H and O–H groups in total. The molecular weight excluding hydrogens is 504 g/mol. The summed E-state index contributed by atoms with van der Waals surface area (Å²) in [5, 5.41) is 3.17. The van der Waals surface area contributed by atoms with Crippen LogP contribution in [0.25, 0.3) is 11.1 Å². The third-order valence-electron chi connectivity index (χ3n) is 8.92. The molecule has 3 aromatic carbocycles. The van der Waals surface area contributed by atoms with Crippen LogP contribution in [0.5, 0.6) is 0 Å². The summed E-state index contributed by atoms with van der Waals surface area (Å²) in [6, 6.07) is 25.6. The van der Waals surface area contributed by atoms with Gasteiger partial charge in [0.05, 0.1) is 6.54 Å². The van der Waals surface area contributed by atoms with Gasteiger partial charge in [-0.1, -0.05) is 94.5 Å². The van der Waals surface area contributed by atoms with Crippen LogP contribution >= 0.6 is 0 Å². The Bertz CT molecular complexity index is 1260. The van der Waals surface area contributed by atoms with E-state index in [2.05, 4.69) is 78.1 Å². The summed E-state index contributed by atoms with van der Waals surface area (Å²) in [7, 11) is 1.93. The molecule has 2 aliphatic carbocycles. The molecule has 1 amide bonds. The largest absolute Gasteiger partial charge is 0.388 e. The minimum Gasteiger partial charge on any atom is -0.388 e. The lowest BCUT2D eigenvalue weighted by molar-refractivity contribution is -0.123. The highest BCUT2D eigenvalue weighted by Gasteiger charge is 2.31. The smallest absolute Gasteiger partial charge is 0.230 e. The van der Waals surface area contributed by atoms with Crippen molar-refractivity contribution in [2.45, 2.75) is 91.0 Å². The number of carbonyl (C=O) groups excluding carboxylic acids is 2. The zero-order chi connectivity index (χ0) is 29.2. The van der Waals surface area contributed by atoms with E-state index in [0.717, 1.165) is 68.3 Å². The van der Waals surface area contributed by atoms with Crippen LogP contribution in [0.4, 0.5) is 11.4 Å². The van der Waals surface area contributed by atoms with Crippen molar-refractivity contribution in [3.8, 4) is 11.1 Å². The number of Topliss-reactive ketones (excluding diaryl/α,β-unsaturated/α-hetero) is 1. The molecular formula is C37H48N2O2. The van der Waals surface area contributed by atoms with Gasteiger partial charge in [0.2, 0.25) is 5.91 Å². The fraction of sp³-hybridized carbons (Fsp3) is 0.459. The number of ketones is 1. The van der Waals surface area contributed by atoms with Gasteiger partial charge in [-0.2, -0.15) is 0 Å². The monoisotopic (exact) mass is 552 g/mol. The summed E-state index contributed by atoms with van der Waals surface area (Å²) >= 11 is 0. The Balaban J connectivity index is 0.00000189. The SMILES string of the molecule is CC.CNc1ccc(-c2ccc(CN(C(=O)C3CCCCC3)c3cccc(C4CCCCC4C(C)=O)c3)cc2)cc1. The first-order valence-electron chi connectivity index (χ1n) is 15.8. The van der Waals surface area contributed by atoms with Crippen LogP contribution in [0.3, 0.4) is 0 Å². The maximum absolute atomic E-state index is 14.0. The van der Waals surface area contributed by atoms with E-state index in [1.165, 1.54) is 23.1 Å². The molecule has 218 valence electrons. The number of rotatable bonds is 8. The number of carbonyl (C=O) groups is 2. The van der Waals surface area contributed by atoms with Crippen molar-refractivity contribution >= 4 is 23.1 Å². The van der Waals surface area contributed by atoms with Crippen LogP contribution in [0, 0.1) is 11.8 Å². The molecule has 5 rings (SSSR count). The Kier molecular flexibility index (Phi) is 11.2. The summed E-state index contributed by atoms with van der Waals surface area (Å²) in [5.74, 6) is 0.959. The molecule has 0 heterocycles. The lowest BCUT2D eigenvalue weighted by Crippen LogP contribution is -2.37. The molecule has 0 spiro atoms. The van der Waals surface area contributed by atoms with Gasteiger partial charge in [-0.25, -0.2) is 0 Å². The zero-order valence-electron chi connectivity index (χ0n) is 25.5. The maximum Gasteiger partial charge on any atom is 0.230 e.